The van der Waals surface area contributed by atoms with Crippen LogP contribution in [0.2, 0.25) is 0 Å². The Labute approximate surface area is 247 Å². The molecule has 3 fully saturated rings. The van der Waals surface area contributed by atoms with Gasteiger partial charge in [-0.25, -0.2) is 0 Å². The summed E-state index contributed by atoms with van der Waals surface area (Å²) in [4.78, 5) is 44.2. The molecule has 3 amide bonds. The largest absolute Gasteiger partial charge is 0.394 e. The first-order valence-electron chi connectivity index (χ1n) is 14.7. The highest BCUT2D eigenvalue weighted by Crippen LogP contribution is 2.67. The van der Waals surface area contributed by atoms with Gasteiger partial charge >= 0.3 is 0 Å². The number of aliphatic hydroxyl groups is 1. The summed E-state index contributed by atoms with van der Waals surface area (Å²) in [7, 11) is 0. The van der Waals surface area contributed by atoms with Gasteiger partial charge in [-0.05, 0) is 49.7 Å². The van der Waals surface area contributed by atoms with E-state index in [2.05, 4.69) is 31.4 Å². The molecule has 3 heterocycles. The van der Waals surface area contributed by atoms with E-state index in [0.29, 0.717) is 13.0 Å². The van der Waals surface area contributed by atoms with Gasteiger partial charge in [0.2, 0.25) is 17.7 Å². The van der Waals surface area contributed by atoms with Crippen LogP contribution >= 0.6 is 11.8 Å². The number of benzene rings is 2. The third-order valence-corrected chi connectivity index (χ3v) is 10.7. The van der Waals surface area contributed by atoms with Crippen molar-refractivity contribution in [3.63, 3.8) is 0 Å². The van der Waals surface area contributed by atoms with Crippen LogP contribution in [0.3, 0.4) is 0 Å². The smallest absolute Gasteiger partial charge is 0.244 e. The number of nitrogens with one attached hydrogen (secondary N) is 2. The van der Waals surface area contributed by atoms with E-state index in [9.17, 15) is 19.5 Å². The highest BCUT2D eigenvalue weighted by Gasteiger charge is 2.74. The molecule has 0 aliphatic carbocycles. The number of likely N-dealkylation sites (tertiary alicyclic amines) is 1. The van der Waals surface area contributed by atoms with Crippen LogP contribution in [-0.2, 0) is 20.9 Å². The fourth-order valence-electron chi connectivity index (χ4n) is 7.73. The number of aliphatic hydroxyl groups excluding tert-OH is 1. The third-order valence-electron chi connectivity index (χ3n) is 8.73. The fraction of sp³-hybridized carbons (Fsp3) is 0.545. The standard InChI is InChI=1S/C33H43N3O4S/c1-31(2,3)20-32(4,5)35-29(39)27-33-17-16-24(41-33)25(28(38)34-18-21-12-8-6-9-13-21)26(33)30(40)36(27)23(19-37)22-14-10-7-11-15-22/h6-15,23-27,37H,16-20H2,1-5H3,(H,34,38)(H,35,39)/t23-,24+,25-,26+,27?,33?/m1/s1. The van der Waals surface area contributed by atoms with Crippen molar-refractivity contribution in [1.82, 2.24) is 15.5 Å². The molecule has 0 radical (unpaired) electrons. The topological polar surface area (TPSA) is 98.7 Å². The molecule has 2 aromatic carbocycles. The lowest BCUT2D eigenvalue weighted by Crippen LogP contribution is -2.59. The van der Waals surface area contributed by atoms with Gasteiger partial charge in [0.1, 0.15) is 6.04 Å². The summed E-state index contributed by atoms with van der Waals surface area (Å²) in [5, 5.41) is 17.0. The van der Waals surface area contributed by atoms with E-state index in [4.69, 9.17) is 0 Å². The molecule has 2 bridgehead atoms. The van der Waals surface area contributed by atoms with Crippen molar-refractivity contribution >= 4 is 29.5 Å². The fourth-order valence-corrected chi connectivity index (χ4v) is 9.94. The Bertz CT molecular complexity index is 1280. The van der Waals surface area contributed by atoms with Gasteiger partial charge in [-0.3, -0.25) is 14.4 Å². The van der Waals surface area contributed by atoms with Crippen LogP contribution in [0, 0.1) is 17.3 Å². The molecule has 3 N–H and O–H groups in total. The summed E-state index contributed by atoms with van der Waals surface area (Å²) in [5.41, 5.74) is 1.25. The number of hydrogen-bond acceptors (Lipinski definition) is 5. The Kier molecular flexibility index (Phi) is 8.03. The van der Waals surface area contributed by atoms with Crippen molar-refractivity contribution in [3.05, 3.63) is 71.8 Å². The minimum absolute atomic E-state index is 0.0110. The van der Waals surface area contributed by atoms with Gasteiger partial charge in [0, 0.05) is 17.3 Å². The van der Waals surface area contributed by atoms with Gasteiger partial charge in [0.25, 0.3) is 0 Å². The number of fused-ring (bicyclic) bond motifs is 1. The van der Waals surface area contributed by atoms with Crippen LogP contribution in [0.5, 0.6) is 0 Å². The molecular weight excluding hydrogens is 534 g/mol. The Balaban J connectivity index is 1.50. The molecule has 2 unspecified atom stereocenters. The molecule has 41 heavy (non-hydrogen) atoms. The van der Waals surface area contributed by atoms with E-state index < -0.39 is 34.2 Å². The molecule has 220 valence electrons. The number of hydrogen-bond donors (Lipinski definition) is 3. The van der Waals surface area contributed by atoms with E-state index in [-0.39, 0.29) is 35.0 Å². The maximum atomic E-state index is 14.5. The Morgan fingerprint density at radius 2 is 1.66 bits per heavy atom. The predicted molar refractivity (Wildman–Crippen MR) is 162 cm³/mol. The van der Waals surface area contributed by atoms with Gasteiger partial charge in [0.05, 0.1) is 29.2 Å². The Morgan fingerprint density at radius 1 is 1.02 bits per heavy atom. The van der Waals surface area contributed by atoms with Crippen molar-refractivity contribution in [2.45, 2.75) is 88.0 Å². The maximum absolute atomic E-state index is 14.5. The molecule has 6 atom stereocenters. The van der Waals surface area contributed by atoms with Crippen molar-refractivity contribution in [2.24, 2.45) is 17.3 Å². The molecule has 1 spiro atoms. The second-order valence-corrected chi connectivity index (χ2v) is 15.3. The van der Waals surface area contributed by atoms with E-state index in [1.54, 1.807) is 16.7 Å². The second-order valence-electron chi connectivity index (χ2n) is 13.7. The Hall–Kier alpha value is -2.84. The second kappa shape index (κ2) is 11.1. The maximum Gasteiger partial charge on any atom is 0.244 e. The number of carbonyl (C=O) groups is 3. The number of rotatable bonds is 9. The summed E-state index contributed by atoms with van der Waals surface area (Å²) in [5.74, 6) is -1.70. The lowest BCUT2D eigenvalue weighted by molar-refractivity contribution is -0.143. The Morgan fingerprint density at radius 3 is 2.27 bits per heavy atom. The third kappa shape index (κ3) is 5.65. The number of carbonyl (C=O) groups excluding carboxylic acids is 3. The molecule has 5 rings (SSSR count). The quantitative estimate of drug-likeness (QED) is 0.409. The van der Waals surface area contributed by atoms with E-state index in [1.165, 1.54) is 0 Å². The molecule has 0 saturated carbocycles. The van der Waals surface area contributed by atoms with E-state index in [0.717, 1.165) is 24.0 Å². The van der Waals surface area contributed by atoms with Crippen molar-refractivity contribution in [2.75, 3.05) is 6.61 Å². The first-order chi connectivity index (χ1) is 19.4. The molecule has 3 aliphatic heterocycles. The highest BCUT2D eigenvalue weighted by atomic mass is 32.2. The van der Waals surface area contributed by atoms with Crippen LogP contribution in [0.1, 0.15) is 71.0 Å². The van der Waals surface area contributed by atoms with E-state index in [1.807, 2.05) is 74.5 Å². The predicted octanol–water partition coefficient (Wildman–Crippen LogP) is 4.46. The summed E-state index contributed by atoms with van der Waals surface area (Å²) >= 11 is 1.65. The summed E-state index contributed by atoms with van der Waals surface area (Å²) in [6.45, 7) is 10.5. The zero-order valence-electron chi connectivity index (χ0n) is 24.7. The zero-order chi connectivity index (χ0) is 29.6. The lowest BCUT2D eigenvalue weighted by Gasteiger charge is -2.40. The van der Waals surface area contributed by atoms with Crippen LogP contribution in [0.25, 0.3) is 0 Å². The van der Waals surface area contributed by atoms with Crippen molar-refractivity contribution < 1.29 is 19.5 Å². The van der Waals surface area contributed by atoms with Gasteiger partial charge in [0.15, 0.2) is 0 Å². The van der Waals surface area contributed by atoms with Gasteiger partial charge in [-0.15, -0.1) is 11.8 Å². The summed E-state index contributed by atoms with van der Waals surface area (Å²) in [6, 6.07) is 17.7. The minimum atomic E-state index is -0.793. The first-order valence-corrected chi connectivity index (χ1v) is 15.5. The van der Waals surface area contributed by atoms with Gasteiger partial charge < -0.3 is 20.6 Å². The normalized spacial score (nSPS) is 28.0. The molecular formula is C33H43N3O4S. The van der Waals surface area contributed by atoms with Crippen LogP contribution in [-0.4, -0.2) is 55.9 Å². The first kappa shape index (κ1) is 29.6. The molecule has 7 nitrogen and oxygen atoms in total. The monoisotopic (exact) mass is 577 g/mol. The van der Waals surface area contributed by atoms with Gasteiger partial charge in [-0.1, -0.05) is 81.4 Å². The molecule has 0 aromatic heterocycles. The minimum Gasteiger partial charge on any atom is -0.394 e. The highest BCUT2D eigenvalue weighted by molar-refractivity contribution is 8.02. The molecule has 3 aliphatic rings. The van der Waals surface area contributed by atoms with Crippen LogP contribution < -0.4 is 10.6 Å². The van der Waals surface area contributed by atoms with Gasteiger partial charge in [-0.2, -0.15) is 0 Å². The van der Waals surface area contributed by atoms with E-state index >= 15 is 0 Å². The average Bonchev–Trinajstić information content (AvgIpc) is 3.55. The summed E-state index contributed by atoms with van der Waals surface area (Å²) < 4.78 is -0.722. The SMILES string of the molecule is CC(C)(C)CC(C)(C)NC(=O)C1N([C@H](CO)c2ccccc2)C(=O)[C@@H]2[C@H](C(=O)NCc3ccccc3)[C@@H]3CCC12S3. The van der Waals surface area contributed by atoms with Crippen molar-refractivity contribution in [1.29, 1.82) is 0 Å². The number of amides is 3. The average molecular weight is 578 g/mol. The lowest BCUT2D eigenvalue weighted by atomic mass is 9.70. The number of thioether (sulfide) groups is 1. The summed E-state index contributed by atoms with van der Waals surface area (Å²) in [6.07, 6.45) is 2.21. The van der Waals surface area contributed by atoms with Crippen LogP contribution in [0.4, 0.5) is 0 Å². The van der Waals surface area contributed by atoms with Crippen LogP contribution in [0.15, 0.2) is 60.7 Å². The number of nitrogens with zero attached hydrogens (tertiary/aromatic N) is 1. The molecule has 8 heteroatoms. The molecule has 2 aromatic rings. The molecule has 3 saturated heterocycles. The zero-order valence-corrected chi connectivity index (χ0v) is 25.5. The van der Waals surface area contributed by atoms with Crippen molar-refractivity contribution in [3.8, 4) is 0 Å².